The van der Waals surface area contributed by atoms with Crippen LogP contribution in [0.4, 0.5) is 11.4 Å². The van der Waals surface area contributed by atoms with Crippen LogP contribution in [-0.4, -0.2) is 15.5 Å². The molecule has 0 radical (unpaired) electrons. The average molecular weight is 351 g/mol. The lowest BCUT2D eigenvalue weighted by Gasteiger charge is -2.10. The van der Waals surface area contributed by atoms with Crippen molar-refractivity contribution in [1.29, 1.82) is 0 Å². The third kappa shape index (κ3) is 3.91. The molecule has 110 valence electrons. The summed E-state index contributed by atoms with van der Waals surface area (Å²) in [6, 6.07) is 5.32. The number of nitrogens with one attached hydrogen (secondary N) is 1. The first kappa shape index (κ1) is 15.2. The van der Waals surface area contributed by atoms with Crippen LogP contribution in [0.15, 0.2) is 40.0 Å². The Morgan fingerprint density at radius 1 is 1.48 bits per heavy atom. The Balaban J connectivity index is 2.01. The van der Waals surface area contributed by atoms with Gasteiger partial charge >= 0.3 is 0 Å². The summed E-state index contributed by atoms with van der Waals surface area (Å²) in [7, 11) is 0. The first-order valence-corrected chi connectivity index (χ1v) is 7.12. The van der Waals surface area contributed by atoms with Crippen LogP contribution in [0.1, 0.15) is 12.0 Å². The summed E-state index contributed by atoms with van der Waals surface area (Å²) in [6.07, 6.45) is 3.01. The van der Waals surface area contributed by atoms with E-state index in [4.69, 9.17) is 5.73 Å². The zero-order chi connectivity index (χ0) is 15.4. The Kier molecular flexibility index (Phi) is 4.74. The lowest BCUT2D eigenvalue weighted by molar-refractivity contribution is -0.116. The van der Waals surface area contributed by atoms with Crippen LogP contribution in [0.5, 0.6) is 0 Å². The van der Waals surface area contributed by atoms with Crippen molar-refractivity contribution in [1.82, 2.24) is 9.55 Å². The van der Waals surface area contributed by atoms with E-state index in [0.29, 0.717) is 15.8 Å². The molecule has 6 nitrogen and oxygen atoms in total. The van der Waals surface area contributed by atoms with Gasteiger partial charge in [0.2, 0.25) is 5.91 Å². The monoisotopic (exact) mass is 350 g/mol. The van der Waals surface area contributed by atoms with Gasteiger partial charge in [0.25, 0.3) is 5.56 Å². The molecule has 0 fully saturated rings. The Morgan fingerprint density at radius 3 is 3.00 bits per heavy atom. The Labute approximate surface area is 130 Å². The quantitative estimate of drug-likeness (QED) is 0.824. The lowest BCUT2D eigenvalue weighted by atomic mass is 10.2. The second kappa shape index (κ2) is 6.53. The SMILES string of the molecule is Cc1ccc(N)cc1NC(=O)CCn1cncc(Br)c1=O. The van der Waals surface area contributed by atoms with Crippen LogP contribution in [0, 0.1) is 6.92 Å². The maximum atomic E-state index is 11.9. The first-order valence-electron chi connectivity index (χ1n) is 6.33. The molecule has 0 bridgehead atoms. The van der Waals surface area contributed by atoms with Gasteiger partial charge in [0, 0.05) is 30.5 Å². The Bertz CT molecular complexity index is 727. The largest absolute Gasteiger partial charge is 0.399 e. The summed E-state index contributed by atoms with van der Waals surface area (Å²) in [4.78, 5) is 27.6. The van der Waals surface area contributed by atoms with Crippen LogP contribution in [0.2, 0.25) is 0 Å². The number of aromatic nitrogens is 2. The summed E-state index contributed by atoms with van der Waals surface area (Å²) < 4.78 is 1.76. The number of benzene rings is 1. The molecular weight excluding hydrogens is 336 g/mol. The zero-order valence-corrected chi connectivity index (χ0v) is 13.1. The van der Waals surface area contributed by atoms with E-state index in [0.717, 1.165) is 5.56 Å². The smallest absolute Gasteiger partial charge is 0.267 e. The Morgan fingerprint density at radius 2 is 2.24 bits per heavy atom. The van der Waals surface area contributed by atoms with Gasteiger partial charge in [-0.1, -0.05) is 6.07 Å². The van der Waals surface area contributed by atoms with Crippen molar-refractivity contribution in [2.45, 2.75) is 19.9 Å². The molecule has 0 saturated carbocycles. The number of halogens is 1. The number of nitrogens with zero attached hydrogens (tertiary/aromatic N) is 2. The number of rotatable bonds is 4. The number of aryl methyl sites for hydroxylation is 2. The van der Waals surface area contributed by atoms with E-state index in [9.17, 15) is 9.59 Å². The molecule has 2 aromatic rings. The number of hydrogen-bond acceptors (Lipinski definition) is 4. The Hall–Kier alpha value is -2.15. The molecule has 0 aliphatic rings. The normalized spacial score (nSPS) is 10.4. The highest BCUT2D eigenvalue weighted by Crippen LogP contribution is 2.18. The molecule has 2 rings (SSSR count). The minimum absolute atomic E-state index is 0.173. The van der Waals surface area contributed by atoms with Crippen LogP contribution < -0.4 is 16.6 Å². The van der Waals surface area contributed by atoms with Crippen molar-refractivity contribution in [3.05, 3.63) is 51.1 Å². The molecule has 0 saturated heterocycles. The van der Waals surface area contributed by atoms with E-state index >= 15 is 0 Å². The summed E-state index contributed by atoms with van der Waals surface area (Å²) >= 11 is 3.11. The molecule has 0 aliphatic heterocycles. The third-order valence-electron chi connectivity index (χ3n) is 2.97. The second-order valence-electron chi connectivity index (χ2n) is 4.61. The predicted molar refractivity (Wildman–Crippen MR) is 85.0 cm³/mol. The van der Waals surface area contributed by atoms with Gasteiger partial charge in [-0.3, -0.25) is 14.2 Å². The highest BCUT2D eigenvalue weighted by molar-refractivity contribution is 9.10. The van der Waals surface area contributed by atoms with Crippen LogP contribution in [0.3, 0.4) is 0 Å². The first-order chi connectivity index (χ1) is 9.97. The van der Waals surface area contributed by atoms with Crippen molar-refractivity contribution in [2.75, 3.05) is 11.1 Å². The van der Waals surface area contributed by atoms with Crippen molar-refractivity contribution in [3.8, 4) is 0 Å². The minimum Gasteiger partial charge on any atom is -0.399 e. The van der Waals surface area contributed by atoms with Gasteiger partial charge in [0.05, 0.1) is 6.33 Å². The molecule has 0 aliphatic carbocycles. The number of hydrogen-bond donors (Lipinski definition) is 2. The van der Waals surface area contributed by atoms with Crippen molar-refractivity contribution in [3.63, 3.8) is 0 Å². The molecular formula is C14H15BrN4O2. The van der Waals surface area contributed by atoms with Crippen molar-refractivity contribution < 1.29 is 4.79 Å². The van der Waals surface area contributed by atoms with E-state index < -0.39 is 0 Å². The molecule has 7 heteroatoms. The van der Waals surface area contributed by atoms with Gasteiger partial charge in [-0.2, -0.15) is 0 Å². The summed E-state index contributed by atoms with van der Waals surface area (Å²) in [5.41, 5.74) is 7.68. The standard InChI is InChI=1S/C14H15BrN4O2/c1-9-2-3-10(16)6-12(9)18-13(20)4-5-19-8-17-7-11(15)14(19)21/h2-3,6-8H,4-5,16H2,1H3,(H,18,20). The summed E-state index contributed by atoms with van der Waals surface area (Å²) in [6.45, 7) is 2.15. The molecule has 1 aromatic heterocycles. The minimum atomic E-state index is -0.210. The number of carbonyl (C=O) groups is 1. The van der Waals surface area contributed by atoms with Gasteiger partial charge < -0.3 is 11.1 Å². The topological polar surface area (TPSA) is 90.0 Å². The molecule has 3 N–H and O–H groups in total. The fourth-order valence-electron chi connectivity index (χ4n) is 1.79. The molecule has 1 aromatic carbocycles. The maximum Gasteiger partial charge on any atom is 0.267 e. The molecule has 0 spiro atoms. The van der Waals surface area contributed by atoms with Crippen LogP contribution in [0.25, 0.3) is 0 Å². The number of carbonyl (C=O) groups excluding carboxylic acids is 1. The number of amides is 1. The van der Waals surface area contributed by atoms with Crippen LogP contribution in [-0.2, 0) is 11.3 Å². The zero-order valence-electron chi connectivity index (χ0n) is 11.5. The molecule has 1 heterocycles. The van der Waals surface area contributed by atoms with E-state index in [2.05, 4.69) is 26.2 Å². The van der Waals surface area contributed by atoms with Gasteiger partial charge in [-0.25, -0.2) is 4.98 Å². The molecule has 1 amide bonds. The van der Waals surface area contributed by atoms with E-state index in [-0.39, 0.29) is 24.4 Å². The molecule has 0 unspecified atom stereocenters. The predicted octanol–water partition coefficient (Wildman–Crippen LogP) is 1.93. The lowest BCUT2D eigenvalue weighted by Crippen LogP contribution is -2.23. The van der Waals surface area contributed by atoms with Crippen LogP contribution >= 0.6 is 15.9 Å². The molecule has 0 atom stereocenters. The summed E-state index contributed by atoms with van der Waals surface area (Å²) in [5, 5.41) is 2.79. The number of nitrogen functional groups attached to an aromatic ring is 1. The summed E-state index contributed by atoms with van der Waals surface area (Å²) in [5.74, 6) is -0.185. The van der Waals surface area contributed by atoms with E-state index in [1.807, 2.05) is 13.0 Å². The van der Waals surface area contributed by atoms with Gasteiger partial charge in [-0.05, 0) is 40.5 Å². The maximum absolute atomic E-state index is 11.9. The van der Waals surface area contributed by atoms with Gasteiger partial charge in [0.15, 0.2) is 0 Å². The van der Waals surface area contributed by atoms with Crippen molar-refractivity contribution in [2.24, 2.45) is 0 Å². The fraction of sp³-hybridized carbons (Fsp3) is 0.214. The van der Waals surface area contributed by atoms with Gasteiger partial charge in [-0.15, -0.1) is 0 Å². The number of anilines is 2. The number of nitrogens with two attached hydrogens (primary N) is 1. The highest BCUT2D eigenvalue weighted by Gasteiger charge is 2.07. The van der Waals surface area contributed by atoms with Gasteiger partial charge in [0.1, 0.15) is 4.47 Å². The van der Waals surface area contributed by atoms with Crippen molar-refractivity contribution >= 4 is 33.2 Å². The third-order valence-corrected chi connectivity index (χ3v) is 3.52. The molecule has 21 heavy (non-hydrogen) atoms. The van der Waals surface area contributed by atoms with E-state index in [1.54, 1.807) is 12.1 Å². The van der Waals surface area contributed by atoms with E-state index in [1.165, 1.54) is 17.1 Å². The fourth-order valence-corrected chi connectivity index (χ4v) is 2.14. The average Bonchev–Trinajstić information content (AvgIpc) is 2.44. The highest BCUT2D eigenvalue weighted by atomic mass is 79.9. The second-order valence-corrected chi connectivity index (χ2v) is 5.47.